The molecule has 0 spiro atoms. The first kappa shape index (κ1) is 15.2. The highest BCUT2D eigenvalue weighted by Crippen LogP contribution is 2.36. The molecule has 0 fully saturated rings. The molecule has 0 atom stereocenters. The van der Waals surface area contributed by atoms with Crippen molar-refractivity contribution < 1.29 is 13.2 Å². The first-order valence-electron chi connectivity index (χ1n) is 6.71. The normalized spacial score (nSPS) is 11.4. The maximum absolute atomic E-state index is 12.9. The molecule has 0 amide bonds. The minimum absolute atomic E-state index is 0.0739. The van der Waals surface area contributed by atoms with Crippen molar-refractivity contribution in [3.63, 3.8) is 0 Å². The van der Waals surface area contributed by atoms with Crippen LogP contribution in [-0.2, 0) is 12.6 Å². The van der Waals surface area contributed by atoms with Crippen LogP contribution in [0.5, 0.6) is 0 Å². The number of aryl methyl sites for hydroxylation is 1. The highest BCUT2D eigenvalue weighted by Gasteiger charge is 2.33. The van der Waals surface area contributed by atoms with Crippen LogP contribution >= 0.6 is 0 Å². The molecule has 0 aliphatic rings. The fraction of sp³-hybridized carbons (Fsp3) is 0.250. The Bertz CT molecular complexity index is 580. The van der Waals surface area contributed by atoms with Gasteiger partial charge in [-0.1, -0.05) is 30.3 Å². The molecule has 0 aliphatic heterocycles. The monoisotopic (exact) mass is 294 g/mol. The minimum Gasteiger partial charge on any atom is -0.399 e. The lowest BCUT2D eigenvalue weighted by Gasteiger charge is -2.15. The molecule has 3 N–H and O–H groups in total. The van der Waals surface area contributed by atoms with Crippen LogP contribution in [0.1, 0.15) is 17.5 Å². The largest absolute Gasteiger partial charge is 0.418 e. The summed E-state index contributed by atoms with van der Waals surface area (Å²) in [4.78, 5) is 0. The lowest BCUT2D eigenvalue weighted by atomic mass is 10.1. The predicted molar refractivity (Wildman–Crippen MR) is 79.1 cm³/mol. The summed E-state index contributed by atoms with van der Waals surface area (Å²) in [5.41, 5.74) is 6.06. The Labute approximate surface area is 121 Å². The van der Waals surface area contributed by atoms with Gasteiger partial charge < -0.3 is 11.1 Å². The number of nitrogens with two attached hydrogens (primary N) is 1. The van der Waals surface area contributed by atoms with Crippen LogP contribution in [0.4, 0.5) is 24.5 Å². The standard InChI is InChI=1S/C16H17F3N2/c17-16(18,19)14-11-13(20)8-9-15(14)21-10-4-7-12-5-2-1-3-6-12/h1-3,5-6,8-9,11,21H,4,7,10,20H2. The van der Waals surface area contributed by atoms with Crippen LogP contribution in [0, 0.1) is 0 Å². The van der Waals surface area contributed by atoms with Crippen LogP contribution in [0.3, 0.4) is 0 Å². The molecule has 0 bridgehead atoms. The third kappa shape index (κ3) is 4.41. The van der Waals surface area contributed by atoms with Crippen molar-refractivity contribution in [2.24, 2.45) is 0 Å². The number of hydrogen-bond acceptors (Lipinski definition) is 2. The zero-order valence-corrected chi connectivity index (χ0v) is 11.5. The van der Waals surface area contributed by atoms with E-state index in [-0.39, 0.29) is 11.4 Å². The molecule has 2 aromatic rings. The van der Waals surface area contributed by atoms with E-state index in [1.807, 2.05) is 30.3 Å². The van der Waals surface area contributed by atoms with Crippen molar-refractivity contribution >= 4 is 11.4 Å². The van der Waals surface area contributed by atoms with E-state index >= 15 is 0 Å². The lowest BCUT2D eigenvalue weighted by molar-refractivity contribution is -0.136. The molecule has 0 heterocycles. The summed E-state index contributed by atoms with van der Waals surface area (Å²) >= 11 is 0. The van der Waals surface area contributed by atoms with Gasteiger partial charge in [0.1, 0.15) is 0 Å². The van der Waals surface area contributed by atoms with E-state index in [9.17, 15) is 13.2 Å². The first-order valence-corrected chi connectivity index (χ1v) is 6.71. The van der Waals surface area contributed by atoms with Gasteiger partial charge in [0.25, 0.3) is 0 Å². The third-order valence-corrected chi connectivity index (χ3v) is 3.15. The fourth-order valence-corrected chi connectivity index (χ4v) is 2.11. The number of nitrogens with one attached hydrogen (secondary N) is 1. The Kier molecular flexibility index (Phi) is 4.73. The van der Waals surface area contributed by atoms with E-state index in [0.717, 1.165) is 18.9 Å². The van der Waals surface area contributed by atoms with Crippen molar-refractivity contribution in [2.45, 2.75) is 19.0 Å². The molecule has 0 unspecified atom stereocenters. The molecular formula is C16H17F3N2. The summed E-state index contributed by atoms with van der Waals surface area (Å²) in [6.07, 6.45) is -2.83. The van der Waals surface area contributed by atoms with Crippen molar-refractivity contribution in [1.82, 2.24) is 0 Å². The van der Waals surface area contributed by atoms with Gasteiger partial charge in [-0.2, -0.15) is 13.2 Å². The smallest absolute Gasteiger partial charge is 0.399 e. The van der Waals surface area contributed by atoms with Gasteiger partial charge in [-0.25, -0.2) is 0 Å². The van der Waals surface area contributed by atoms with Crippen LogP contribution < -0.4 is 11.1 Å². The Balaban J connectivity index is 1.94. The van der Waals surface area contributed by atoms with Crippen LogP contribution in [0.2, 0.25) is 0 Å². The Morgan fingerprint density at radius 1 is 1.00 bits per heavy atom. The van der Waals surface area contributed by atoms with Crippen LogP contribution in [0.25, 0.3) is 0 Å². The predicted octanol–water partition coefficient (Wildman–Crippen LogP) is 4.33. The van der Waals surface area contributed by atoms with E-state index < -0.39 is 11.7 Å². The Morgan fingerprint density at radius 3 is 2.38 bits per heavy atom. The first-order chi connectivity index (χ1) is 9.97. The second-order valence-corrected chi connectivity index (χ2v) is 4.82. The summed E-state index contributed by atoms with van der Waals surface area (Å²) in [6.45, 7) is 0.474. The summed E-state index contributed by atoms with van der Waals surface area (Å²) in [6, 6.07) is 13.6. The Morgan fingerprint density at radius 2 is 1.71 bits per heavy atom. The SMILES string of the molecule is Nc1ccc(NCCCc2ccccc2)c(C(F)(F)F)c1. The quantitative estimate of drug-likeness (QED) is 0.636. The zero-order valence-electron chi connectivity index (χ0n) is 11.5. The van der Waals surface area contributed by atoms with Crippen LogP contribution in [-0.4, -0.2) is 6.54 Å². The molecule has 0 aromatic heterocycles. The van der Waals surface area contributed by atoms with Crippen molar-refractivity contribution in [3.8, 4) is 0 Å². The summed E-state index contributed by atoms with van der Waals surface area (Å²) in [5.74, 6) is 0. The van der Waals surface area contributed by atoms with Crippen molar-refractivity contribution in [1.29, 1.82) is 0 Å². The lowest BCUT2D eigenvalue weighted by Crippen LogP contribution is -2.12. The van der Waals surface area contributed by atoms with Crippen molar-refractivity contribution in [3.05, 3.63) is 59.7 Å². The molecule has 0 saturated carbocycles. The fourth-order valence-electron chi connectivity index (χ4n) is 2.11. The number of benzene rings is 2. The van der Waals surface area contributed by atoms with E-state index in [1.165, 1.54) is 17.7 Å². The molecule has 0 saturated heterocycles. The van der Waals surface area contributed by atoms with Gasteiger partial charge in [-0.3, -0.25) is 0 Å². The molecule has 112 valence electrons. The van der Waals surface area contributed by atoms with E-state index in [4.69, 9.17) is 5.73 Å². The number of halogens is 3. The molecule has 0 radical (unpaired) electrons. The highest BCUT2D eigenvalue weighted by atomic mass is 19.4. The van der Waals surface area contributed by atoms with Gasteiger partial charge in [0.15, 0.2) is 0 Å². The zero-order chi connectivity index (χ0) is 15.3. The molecule has 2 rings (SSSR count). The molecule has 21 heavy (non-hydrogen) atoms. The van der Waals surface area contributed by atoms with Gasteiger partial charge in [-0.05, 0) is 36.6 Å². The second-order valence-electron chi connectivity index (χ2n) is 4.82. The van der Waals surface area contributed by atoms with E-state index in [2.05, 4.69) is 5.32 Å². The second kappa shape index (κ2) is 6.52. The molecule has 2 aromatic carbocycles. The number of alkyl halides is 3. The summed E-state index contributed by atoms with van der Waals surface area (Å²) in [5, 5.41) is 2.84. The molecule has 2 nitrogen and oxygen atoms in total. The molecule has 0 aliphatic carbocycles. The summed E-state index contributed by atoms with van der Waals surface area (Å²) in [7, 11) is 0. The summed E-state index contributed by atoms with van der Waals surface area (Å²) < 4.78 is 38.7. The number of nitrogen functional groups attached to an aromatic ring is 1. The maximum Gasteiger partial charge on any atom is 0.418 e. The molecular weight excluding hydrogens is 277 g/mol. The maximum atomic E-state index is 12.9. The van der Waals surface area contributed by atoms with Crippen LogP contribution in [0.15, 0.2) is 48.5 Å². The van der Waals surface area contributed by atoms with Gasteiger partial charge in [-0.15, -0.1) is 0 Å². The number of hydrogen-bond donors (Lipinski definition) is 2. The van der Waals surface area contributed by atoms with Crippen molar-refractivity contribution in [2.75, 3.05) is 17.6 Å². The van der Waals surface area contributed by atoms with E-state index in [1.54, 1.807) is 0 Å². The highest BCUT2D eigenvalue weighted by molar-refractivity contribution is 5.59. The van der Waals surface area contributed by atoms with E-state index in [0.29, 0.717) is 6.54 Å². The minimum atomic E-state index is -4.41. The average Bonchev–Trinajstić information content (AvgIpc) is 2.45. The number of rotatable bonds is 5. The average molecular weight is 294 g/mol. The number of anilines is 2. The van der Waals surface area contributed by atoms with Gasteiger partial charge >= 0.3 is 6.18 Å². The third-order valence-electron chi connectivity index (χ3n) is 3.15. The van der Waals surface area contributed by atoms with Gasteiger partial charge in [0.05, 0.1) is 5.56 Å². The topological polar surface area (TPSA) is 38.0 Å². The van der Waals surface area contributed by atoms with Gasteiger partial charge in [0.2, 0.25) is 0 Å². The van der Waals surface area contributed by atoms with Gasteiger partial charge in [0, 0.05) is 17.9 Å². The molecule has 5 heteroatoms. The Hall–Kier alpha value is -2.17.